The van der Waals surface area contributed by atoms with E-state index in [0.29, 0.717) is 12.1 Å². The molecule has 3 fully saturated rings. The second-order valence-corrected chi connectivity index (χ2v) is 9.71. The summed E-state index contributed by atoms with van der Waals surface area (Å²) in [6, 6.07) is 17.3. The molecule has 2 aromatic carbocycles. The van der Waals surface area contributed by atoms with Crippen molar-refractivity contribution in [2.75, 3.05) is 13.2 Å². The first-order valence-electron chi connectivity index (χ1n) is 11.9. The average Bonchev–Trinajstić information content (AvgIpc) is 3.50. The quantitative estimate of drug-likeness (QED) is 0.722. The maximum Gasteiger partial charge on any atom is 0.252 e. The molecule has 5 rings (SSSR count). The van der Waals surface area contributed by atoms with Crippen molar-refractivity contribution in [3.63, 3.8) is 0 Å². The summed E-state index contributed by atoms with van der Waals surface area (Å²) in [5, 5.41) is 3.53. The van der Waals surface area contributed by atoms with Gasteiger partial charge in [-0.25, -0.2) is 0 Å². The number of rotatable bonds is 6. The van der Waals surface area contributed by atoms with Crippen molar-refractivity contribution in [1.82, 2.24) is 10.2 Å². The lowest BCUT2D eigenvalue weighted by Crippen LogP contribution is -2.54. The number of aryl methyl sites for hydroxylation is 2. The lowest BCUT2D eigenvalue weighted by atomic mass is 9.78. The van der Waals surface area contributed by atoms with Gasteiger partial charge in [0, 0.05) is 30.3 Å². The standard InChI is InChI=1S/C27H34N2O2/c1-19-8-6-9-20(2)24(19)26(30)28-25(21-10-4-3-5-11-21)27-15-13-22(14-16-27)29(27)18-23-12-7-17-31-23/h3-6,8-11,22-23,25H,7,12-18H2,1-2H3,(H,28,30)/t22?,23?,25-,27?/m1/s1. The molecule has 0 saturated carbocycles. The molecule has 0 spiro atoms. The number of nitrogens with one attached hydrogen (secondary N) is 1. The van der Waals surface area contributed by atoms with Gasteiger partial charge in [-0.15, -0.1) is 0 Å². The smallest absolute Gasteiger partial charge is 0.252 e. The van der Waals surface area contributed by atoms with Crippen LogP contribution in [0, 0.1) is 13.8 Å². The van der Waals surface area contributed by atoms with Gasteiger partial charge in [0.05, 0.1) is 12.1 Å². The number of nitrogens with zero attached hydrogens (tertiary/aromatic N) is 1. The van der Waals surface area contributed by atoms with Gasteiger partial charge in [0.1, 0.15) is 0 Å². The first-order valence-corrected chi connectivity index (χ1v) is 11.9. The minimum Gasteiger partial charge on any atom is -0.377 e. The number of fused-ring (bicyclic) bond motifs is 2. The van der Waals surface area contributed by atoms with E-state index in [2.05, 4.69) is 40.5 Å². The van der Waals surface area contributed by atoms with Gasteiger partial charge in [-0.3, -0.25) is 9.69 Å². The van der Waals surface area contributed by atoms with Crippen LogP contribution in [0.2, 0.25) is 0 Å². The lowest BCUT2D eigenvalue weighted by Gasteiger charge is -2.43. The minimum atomic E-state index is -0.0236. The molecule has 31 heavy (non-hydrogen) atoms. The Kier molecular flexibility index (Phi) is 5.61. The molecular formula is C27H34N2O2. The minimum absolute atomic E-state index is 0.0193. The summed E-state index contributed by atoms with van der Waals surface area (Å²) < 4.78 is 6.02. The van der Waals surface area contributed by atoms with E-state index in [1.54, 1.807) is 0 Å². The number of amides is 1. The summed E-state index contributed by atoms with van der Waals surface area (Å²) in [5.74, 6) is 0.0474. The molecule has 3 saturated heterocycles. The number of benzene rings is 2. The first-order chi connectivity index (χ1) is 15.1. The molecule has 164 valence electrons. The molecule has 3 aliphatic heterocycles. The van der Waals surface area contributed by atoms with Crippen LogP contribution in [0.15, 0.2) is 48.5 Å². The molecule has 0 aromatic heterocycles. The van der Waals surface area contributed by atoms with Crippen LogP contribution in [0.5, 0.6) is 0 Å². The Labute approximate surface area is 186 Å². The van der Waals surface area contributed by atoms with E-state index in [4.69, 9.17) is 4.74 Å². The van der Waals surface area contributed by atoms with Crippen molar-refractivity contribution < 1.29 is 9.53 Å². The van der Waals surface area contributed by atoms with Crippen molar-refractivity contribution in [2.45, 2.75) is 76.1 Å². The normalized spacial score (nSPS) is 28.7. The fourth-order valence-corrected chi connectivity index (χ4v) is 6.41. The Morgan fingerprint density at radius 2 is 1.77 bits per heavy atom. The summed E-state index contributed by atoms with van der Waals surface area (Å²) >= 11 is 0. The van der Waals surface area contributed by atoms with Crippen LogP contribution in [0.3, 0.4) is 0 Å². The van der Waals surface area contributed by atoms with Crippen LogP contribution in [-0.4, -0.2) is 41.6 Å². The number of carbonyl (C=O) groups excluding carboxylic acids is 1. The van der Waals surface area contributed by atoms with Gasteiger partial charge in [0.25, 0.3) is 5.91 Å². The summed E-state index contributed by atoms with van der Waals surface area (Å²) in [7, 11) is 0. The van der Waals surface area contributed by atoms with E-state index in [1.807, 2.05) is 32.0 Å². The topological polar surface area (TPSA) is 41.6 Å². The summed E-state index contributed by atoms with van der Waals surface area (Å²) in [5.41, 5.74) is 4.08. The molecule has 2 atom stereocenters. The Bertz CT molecular complexity index is 907. The molecule has 4 nitrogen and oxygen atoms in total. The van der Waals surface area contributed by atoms with Crippen molar-refractivity contribution >= 4 is 5.91 Å². The average molecular weight is 419 g/mol. The Morgan fingerprint density at radius 3 is 2.42 bits per heavy atom. The largest absolute Gasteiger partial charge is 0.377 e. The molecule has 3 heterocycles. The van der Waals surface area contributed by atoms with E-state index in [0.717, 1.165) is 49.1 Å². The van der Waals surface area contributed by atoms with Crippen molar-refractivity contribution in [2.24, 2.45) is 0 Å². The third-order valence-corrected chi connectivity index (χ3v) is 7.91. The van der Waals surface area contributed by atoms with Crippen LogP contribution in [0.25, 0.3) is 0 Å². The highest BCUT2D eigenvalue weighted by Crippen LogP contribution is 2.53. The predicted molar refractivity (Wildman–Crippen MR) is 123 cm³/mol. The molecule has 0 aliphatic carbocycles. The van der Waals surface area contributed by atoms with Crippen molar-refractivity contribution in [3.05, 3.63) is 70.8 Å². The van der Waals surface area contributed by atoms with E-state index < -0.39 is 0 Å². The molecule has 2 bridgehead atoms. The molecule has 0 radical (unpaired) electrons. The van der Waals surface area contributed by atoms with E-state index >= 15 is 0 Å². The fraction of sp³-hybridized carbons (Fsp3) is 0.519. The summed E-state index contributed by atoms with van der Waals surface area (Å²) in [6.45, 7) is 5.94. The fourth-order valence-electron chi connectivity index (χ4n) is 6.41. The maximum absolute atomic E-state index is 13.6. The zero-order chi connectivity index (χ0) is 21.4. The Hall–Kier alpha value is -2.17. The predicted octanol–water partition coefficient (Wildman–Crippen LogP) is 4.95. The third kappa shape index (κ3) is 3.70. The number of carbonyl (C=O) groups is 1. The van der Waals surface area contributed by atoms with Gasteiger partial charge < -0.3 is 10.1 Å². The SMILES string of the molecule is Cc1cccc(C)c1C(=O)N[C@H](c1ccccc1)C12CCC(CC1)N2CC1CCCO1. The van der Waals surface area contributed by atoms with E-state index in [1.165, 1.54) is 24.8 Å². The van der Waals surface area contributed by atoms with Gasteiger partial charge in [0.15, 0.2) is 0 Å². The lowest BCUT2D eigenvalue weighted by molar-refractivity contribution is 0.0294. The molecule has 2 aromatic rings. The van der Waals surface area contributed by atoms with Gasteiger partial charge >= 0.3 is 0 Å². The highest BCUT2D eigenvalue weighted by molar-refractivity contribution is 5.97. The van der Waals surface area contributed by atoms with Crippen molar-refractivity contribution in [3.8, 4) is 0 Å². The molecule has 1 unspecified atom stereocenters. The molecule has 4 heteroatoms. The second-order valence-electron chi connectivity index (χ2n) is 9.71. The van der Waals surface area contributed by atoms with Gasteiger partial charge in [0.2, 0.25) is 0 Å². The maximum atomic E-state index is 13.6. The summed E-state index contributed by atoms with van der Waals surface area (Å²) in [6.07, 6.45) is 7.37. The number of ether oxygens (including phenoxy) is 1. The zero-order valence-corrected chi connectivity index (χ0v) is 18.8. The molecule has 1 amide bonds. The summed E-state index contributed by atoms with van der Waals surface area (Å²) in [4.78, 5) is 16.3. The first kappa shape index (κ1) is 20.7. The highest BCUT2D eigenvalue weighted by atomic mass is 16.5. The van der Waals surface area contributed by atoms with E-state index in [-0.39, 0.29) is 17.5 Å². The third-order valence-electron chi connectivity index (χ3n) is 7.91. The Morgan fingerprint density at radius 1 is 1.06 bits per heavy atom. The molecule has 3 aliphatic rings. The van der Waals surface area contributed by atoms with Gasteiger partial charge in [-0.1, -0.05) is 48.5 Å². The monoisotopic (exact) mass is 418 g/mol. The van der Waals surface area contributed by atoms with Crippen LogP contribution < -0.4 is 5.32 Å². The molecule has 1 N–H and O–H groups in total. The van der Waals surface area contributed by atoms with Crippen LogP contribution in [0.4, 0.5) is 0 Å². The number of hydrogen-bond donors (Lipinski definition) is 1. The second kappa shape index (κ2) is 8.40. The van der Waals surface area contributed by atoms with Crippen molar-refractivity contribution in [1.29, 1.82) is 0 Å². The van der Waals surface area contributed by atoms with E-state index in [9.17, 15) is 4.79 Å². The van der Waals surface area contributed by atoms with Gasteiger partial charge in [-0.05, 0) is 69.1 Å². The Balaban J connectivity index is 1.50. The highest BCUT2D eigenvalue weighted by Gasteiger charge is 2.56. The zero-order valence-electron chi connectivity index (χ0n) is 18.8. The van der Waals surface area contributed by atoms with Crippen LogP contribution in [0.1, 0.15) is 71.6 Å². The van der Waals surface area contributed by atoms with Gasteiger partial charge in [-0.2, -0.15) is 0 Å². The number of hydrogen-bond acceptors (Lipinski definition) is 3. The van der Waals surface area contributed by atoms with Crippen LogP contribution in [-0.2, 0) is 4.74 Å². The molecular weight excluding hydrogens is 384 g/mol. The van der Waals surface area contributed by atoms with Crippen LogP contribution >= 0.6 is 0 Å².